The van der Waals surface area contributed by atoms with Crippen molar-refractivity contribution in [3.8, 4) is 23.0 Å². The number of benzene rings is 2. The van der Waals surface area contributed by atoms with E-state index in [1.54, 1.807) is 31.4 Å². The number of ether oxygens (including phenoxy) is 3. The van der Waals surface area contributed by atoms with Crippen LogP contribution in [0, 0.1) is 0 Å². The van der Waals surface area contributed by atoms with Crippen LogP contribution in [0.2, 0.25) is 0 Å². The summed E-state index contributed by atoms with van der Waals surface area (Å²) < 4.78 is 16.0. The van der Waals surface area contributed by atoms with Gasteiger partial charge < -0.3 is 19.3 Å². The lowest BCUT2D eigenvalue weighted by atomic mass is 10.3. The summed E-state index contributed by atoms with van der Waals surface area (Å²) in [6, 6.07) is 14.0. The first-order valence-electron chi connectivity index (χ1n) is 5.96. The van der Waals surface area contributed by atoms with E-state index in [0.29, 0.717) is 19.0 Å². The molecular formula is C15H16O4. The van der Waals surface area contributed by atoms with Gasteiger partial charge in [0.1, 0.15) is 36.2 Å². The quantitative estimate of drug-likeness (QED) is 0.811. The Balaban J connectivity index is 1.72. The van der Waals surface area contributed by atoms with Crippen molar-refractivity contribution >= 4 is 0 Å². The second-order valence-corrected chi connectivity index (χ2v) is 3.87. The Hall–Kier alpha value is -2.36. The first-order chi connectivity index (χ1) is 9.28. The molecule has 0 amide bonds. The smallest absolute Gasteiger partial charge is 0.122 e. The third kappa shape index (κ3) is 4.10. The van der Waals surface area contributed by atoms with Gasteiger partial charge in [-0.15, -0.1) is 0 Å². The molecule has 4 nitrogen and oxygen atoms in total. The molecule has 0 aliphatic carbocycles. The molecule has 0 atom stereocenters. The number of phenolic OH excluding ortho intramolecular Hbond substituents is 1. The van der Waals surface area contributed by atoms with Crippen molar-refractivity contribution in [3.63, 3.8) is 0 Å². The van der Waals surface area contributed by atoms with E-state index in [2.05, 4.69) is 0 Å². The molecule has 2 aromatic rings. The Kier molecular flexibility index (Phi) is 4.50. The van der Waals surface area contributed by atoms with E-state index in [9.17, 15) is 0 Å². The van der Waals surface area contributed by atoms with Crippen LogP contribution >= 0.6 is 0 Å². The largest absolute Gasteiger partial charge is 0.508 e. The van der Waals surface area contributed by atoms with Gasteiger partial charge in [-0.25, -0.2) is 0 Å². The van der Waals surface area contributed by atoms with Crippen molar-refractivity contribution in [2.24, 2.45) is 0 Å². The monoisotopic (exact) mass is 260 g/mol. The lowest BCUT2D eigenvalue weighted by Gasteiger charge is -2.08. The zero-order valence-electron chi connectivity index (χ0n) is 10.7. The van der Waals surface area contributed by atoms with E-state index < -0.39 is 0 Å². The van der Waals surface area contributed by atoms with Crippen LogP contribution in [0.5, 0.6) is 23.0 Å². The molecule has 100 valence electrons. The molecule has 4 heteroatoms. The Morgan fingerprint density at radius 2 is 1.16 bits per heavy atom. The molecule has 0 aromatic heterocycles. The van der Waals surface area contributed by atoms with E-state index >= 15 is 0 Å². The van der Waals surface area contributed by atoms with E-state index in [1.807, 2.05) is 24.3 Å². The maximum atomic E-state index is 9.13. The summed E-state index contributed by atoms with van der Waals surface area (Å²) in [5.41, 5.74) is 0. The van der Waals surface area contributed by atoms with Gasteiger partial charge in [-0.1, -0.05) is 0 Å². The molecule has 0 heterocycles. The number of methoxy groups -OCH3 is 1. The van der Waals surface area contributed by atoms with Gasteiger partial charge in [0.15, 0.2) is 0 Å². The summed E-state index contributed by atoms with van der Waals surface area (Å²) in [4.78, 5) is 0. The highest BCUT2D eigenvalue weighted by Gasteiger charge is 1.97. The summed E-state index contributed by atoms with van der Waals surface area (Å²) >= 11 is 0. The first-order valence-corrected chi connectivity index (χ1v) is 5.96. The predicted molar refractivity (Wildman–Crippen MR) is 72.1 cm³/mol. The van der Waals surface area contributed by atoms with Crippen molar-refractivity contribution in [1.29, 1.82) is 0 Å². The third-order valence-corrected chi connectivity index (χ3v) is 2.52. The molecule has 2 rings (SSSR count). The predicted octanol–water partition coefficient (Wildman–Crippen LogP) is 2.86. The number of hydrogen-bond donors (Lipinski definition) is 1. The minimum absolute atomic E-state index is 0.224. The molecule has 0 bridgehead atoms. The molecule has 0 aliphatic rings. The fraction of sp³-hybridized carbons (Fsp3) is 0.200. The number of rotatable bonds is 6. The first kappa shape index (κ1) is 13.1. The van der Waals surface area contributed by atoms with Crippen LogP contribution < -0.4 is 14.2 Å². The maximum absolute atomic E-state index is 9.13. The van der Waals surface area contributed by atoms with Crippen molar-refractivity contribution in [3.05, 3.63) is 48.5 Å². The Labute approximate surface area is 112 Å². The van der Waals surface area contributed by atoms with E-state index in [4.69, 9.17) is 19.3 Å². The zero-order chi connectivity index (χ0) is 13.5. The minimum atomic E-state index is 0.224. The van der Waals surface area contributed by atoms with Gasteiger partial charge in [0, 0.05) is 0 Å². The molecule has 0 unspecified atom stereocenters. The van der Waals surface area contributed by atoms with Crippen LogP contribution in [0.1, 0.15) is 0 Å². The van der Waals surface area contributed by atoms with Gasteiger partial charge in [0.2, 0.25) is 0 Å². The van der Waals surface area contributed by atoms with Crippen molar-refractivity contribution in [1.82, 2.24) is 0 Å². The highest BCUT2D eigenvalue weighted by Crippen LogP contribution is 2.18. The van der Waals surface area contributed by atoms with Gasteiger partial charge in [-0.05, 0) is 48.5 Å². The van der Waals surface area contributed by atoms with Crippen LogP contribution in [-0.2, 0) is 0 Å². The fourth-order valence-corrected chi connectivity index (χ4v) is 1.53. The van der Waals surface area contributed by atoms with Crippen LogP contribution in [0.25, 0.3) is 0 Å². The molecule has 19 heavy (non-hydrogen) atoms. The standard InChI is InChI=1S/C15H16O4/c1-17-13-6-8-15(9-7-13)19-11-10-18-14-4-2-12(16)3-5-14/h2-9,16H,10-11H2,1H3. The van der Waals surface area contributed by atoms with Gasteiger partial charge in [0.25, 0.3) is 0 Å². The molecule has 0 saturated heterocycles. The average Bonchev–Trinajstić information content (AvgIpc) is 2.46. The Morgan fingerprint density at radius 3 is 1.63 bits per heavy atom. The van der Waals surface area contributed by atoms with Gasteiger partial charge >= 0.3 is 0 Å². The summed E-state index contributed by atoms with van der Waals surface area (Å²) in [7, 11) is 1.63. The van der Waals surface area contributed by atoms with E-state index in [-0.39, 0.29) is 5.75 Å². The Morgan fingerprint density at radius 1 is 0.737 bits per heavy atom. The van der Waals surface area contributed by atoms with Gasteiger partial charge in [-0.2, -0.15) is 0 Å². The molecule has 0 saturated carbocycles. The van der Waals surface area contributed by atoms with Crippen LogP contribution in [-0.4, -0.2) is 25.4 Å². The minimum Gasteiger partial charge on any atom is -0.508 e. The Bertz CT molecular complexity index is 491. The molecular weight excluding hydrogens is 244 g/mol. The summed E-state index contributed by atoms with van der Waals surface area (Å²) in [5.74, 6) is 2.50. The van der Waals surface area contributed by atoms with Gasteiger partial charge in [0.05, 0.1) is 7.11 Å². The highest BCUT2D eigenvalue weighted by atomic mass is 16.5. The van der Waals surface area contributed by atoms with Crippen molar-refractivity contribution in [2.75, 3.05) is 20.3 Å². The summed E-state index contributed by atoms with van der Waals surface area (Å²) in [6.07, 6.45) is 0. The van der Waals surface area contributed by atoms with E-state index in [1.165, 1.54) is 0 Å². The lowest BCUT2D eigenvalue weighted by Crippen LogP contribution is -2.08. The van der Waals surface area contributed by atoms with Crippen molar-refractivity contribution in [2.45, 2.75) is 0 Å². The lowest BCUT2D eigenvalue weighted by molar-refractivity contribution is 0.217. The van der Waals surface area contributed by atoms with Crippen LogP contribution in [0.3, 0.4) is 0 Å². The van der Waals surface area contributed by atoms with E-state index in [0.717, 1.165) is 11.5 Å². The van der Waals surface area contributed by atoms with Crippen LogP contribution in [0.15, 0.2) is 48.5 Å². The molecule has 1 N–H and O–H groups in total. The maximum Gasteiger partial charge on any atom is 0.122 e. The normalized spacial score (nSPS) is 9.95. The second kappa shape index (κ2) is 6.54. The molecule has 0 aliphatic heterocycles. The zero-order valence-corrected chi connectivity index (χ0v) is 10.7. The third-order valence-electron chi connectivity index (χ3n) is 2.52. The molecule has 2 aromatic carbocycles. The van der Waals surface area contributed by atoms with Crippen LogP contribution in [0.4, 0.5) is 0 Å². The van der Waals surface area contributed by atoms with Gasteiger partial charge in [-0.3, -0.25) is 0 Å². The number of hydrogen-bond acceptors (Lipinski definition) is 4. The van der Waals surface area contributed by atoms with Crippen molar-refractivity contribution < 1.29 is 19.3 Å². The topological polar surface area (TPSA) is 47.9 Å². The number of aromatic hydroxyl groups is 1. The average molecular weight is 260 g/mol. The summed E-state index contributed by atoms with van der Waals surface area (Å²) in [6.45, 7) is 0.893. The summed E-state index contributed by atoms with van der Waals surface area (Å²) in [5, 5.41) is 9.13. The highest BCUT2D eigenvalue weighted by molar-refractivity contribution is 5.31. The second-order valence-electron chi connectivity index (χ2n) is 3.87. The molecule has 0 fully saturated rings. The fourth-order valence-electron chi connectivity index (χ4n) is 1.53. The molecule has 0 spiro atoms. The molecule has 0 radical (unpaired) electrons. The number of phenols is 1. The SMILES string of the molecule is COc1ccc(OCCOc2ccc(O)cc2)cc1.